The second-order valence-corrected chi connectivity index (χ2v) is 8.30. The summed E-state index contributed by atoms with van der Waals surface area (Å²) in [6.07, 6.45) is 0.319. The van der Waals surface area contributed by atoms with Crippen LogP contribution in [0.25, 0.3) is 0 Å². The third-order valence-electron chi connectivity index (χ3n) is 5.44. The molecule has 11 heteroatoms. The minimum absolute atomic E-state index is 0.0987. The summed E-state index contributed by atoms with van der Waals surface area (Å²) < 4.78 is 20.7. The molecule has 0 aliphatic rings. The Labute approximate surface area is 236 Å². The number of nitrogens with one attached hydrogen (secondary N) is 2. The predicted molar refractivity (Wildman–Crippen MR) is 153 cm³/mol. The first kappa shape index (κ1) is 34.3. The summed E-state index contributed by atoms with van der Waals surface area (Å²) in [5, 5.41) is 17.3. The first-order valence-electron chi connectivity index (χ1n) is 13.7. The van der Waals surface area contributed by atoms with Gasteiger partial charge in [-0.25, -0.2) is 4.79 Å². The van der Waals surface area contributed by atoms with Crippen LogP contribution in [0.5, 0.6) is 11.5 Å². The van der Waals surface area contributed by atoms with Gasteiger partial charge < -0.3 is 29.6 Å². The van der Waals surface area contributed by atoms with Gasteiger partial charge in [-0.15, -0.1) is 0 Å². The lowest BCUT2D eigenvalue weighted by atomic mass is 10.0. The molecule has 0 fully saturated rings. The van der Waals surface area contributed by atoms with Gasteiger partial charge in [-0.1, -0.05) is 32.0 Å². The molecule has 0 aliphatic heterocycles. The number of ether oxygens (including phenoxy) is 4. The number of carbonyl (C=O) groups excluding carboxylic acids is 2. The summed E-state index contributed by atoms with van der Waals surface area (Å²) in [7, 11) is 0. The van der Waals surface area contributed by atoms with Crippen molar-refractivity contribution in [1.82, 2.24) is 10.6 Å². The molecule has 40 heavy (non-hydrogen) atoms. The van der Waals surface area contributed by atoms with Crippen LogP contribution in [0.4, 0.5) is 5.69 Å². The average Bonchev–Trinajstić information content (AvgIpc) is 2.93. The van der Waals surface area contributed by atoms with E-state index < -0.39 is 17.0 Å². The van der Waals surface area contributed by atoms with Gasteiger partial charge >= 0.3 is 17.6 Å². The SMILES string of the molecule is CCNC(C(=O)OCC)c1ccc(OCC)cc1.CCNC(Cc1ccc(OCC)c([N+](=O)[O-])c1)C(=O)OCC. The number of nitro benzene ring substituents is 1. The van der Waals surface area contributed by atoms with E-state index in [0.717, 1.165) is 11.3 Å². The van der Waals surface area contributed by atoms with Gasteiger partial charge in [-0.3, -0.25) is 14.9 Å². The minimum Gasteiger partial charge on any atom is -0.494 e. The molecule has 0 aliphatic carbocycles. The lowest BCUT2D eigenvalue weighted by molar-refractivity contribution is -0.385. The van der Waals surface area contributed by atoms with Crippen LogP contribution in [0.3, 0.4) is 0 Å². The smallest absolute Gasteiger partial charge is 0.327 e. The number of benzene rings is 2. The highest BCUT2D eigenvalue weighted by atomic mass is 16.6. The molecular weight excluding hydrogens is 518 g/mol. The van der Waals surface area contributed by atoms with E-state index in [1.165, 1.54) is 6.07 Å². The Hall–Kier alpha value is -3.70. The Morgan fingerprint density at radius 3 is 1.93 bits per heavy atom. The van der Waals surface area contributed by atoms with Gasteiger partial charge in [0.2, 0.25) is 0 Å². The monoisotopic (exact) mass is 561 g/mol. The number of nitrogens with zero attached hydrogens (tertiary/aromatic N) is 1. The van der Waals surface area contributed by atoms with Crippen molar-refractivity contribution in [3.05, 3.63) is 63.7 Å². The number of nitro groups is 1. The van der Waals surface area contributed by atoms with Crippen molar-refractivity contribution >= 4 is 17.6 Å². The van der Waals surface area contributed by atoms with Crippen molar-refractivity contribution in [3.8, 4) is 11.5 Å². The van der Waals surface area contributed by atoms with Crippen molar-refractivity contribution in [3.63, 3.8) is 0 Å². The molecule has 2 N–H and O–H groups in total. The van der Waals surface area contributed by atoms with E-state index >= 15 is 0 Å². The summed E-state index contributed by atoms with van der Waals surface area (Å²) >= 11 is 0. The van der Waals surface area contributed by atoms with Crippen LogP contribution >= 0.6 is 0 Å². The van der Waals surface area contributed by atoms with Crippen molar-refractivity contribution in [2.75, 3.05) is 39.5 Å². The van der Waals surface area contributed by atoms with Gasteiger partial charge in [0.25, 0.3) is 0 Å². The van der Waals surface area contributed by atoms with E-state index in [4.69, 9.17) is 18.9 Å². The Kier molecular flexibility index (Phi) is 16.6. The van der Waals surface area contributed by atoms with E-state index in [1.807, 2.05) is 45.0 Å². The molecule has 0 saturated heterocycles. The molecule has 0 spiro atoms. The van der Waals surface area contributed by atoms with Crippen molar-refractivity contribution in [2.24, 2.45) is 0 Å². The fourth-order valence-electron chi connectivity index (χ4n) is 3.76. The average molecular weight is 562 g/mol. The normalized spacial score (nSPS) is 11.8. The first-order valence-corrected chi connectivity index (χ1v) is 13.7. The van der Waals surface area contributed by atoms with E-state index in [2.05, 4.69) is 10.6 Å². The second-order valence-electron chi connectivity index (χ2n) is 8.30. The van der Waals surface area contributed by atoms with Gasteiger partial charge in [-0.2, -0.15) is 0 Å². The molecule has 2 atom stereocenters. The zero-order valence-corrected chi connectivity index (χ0v) is 24.4. The highest BCUT2D eigenvalue weighted by Crippen LogP contribution is 2.28. The van der Waals surface area contributed by atoms with E-state index in [1.54, 1.807) is 32.9 Å². The molecule has 0 radical (unpaired) electrons. The largest absolute Gasteiger partial charge is 0.494 e. The summed E-state index contributed by atoms with van der Waals surface area (Å²) in [5.41, 5.74) is 1.46. The second kappa shape index (κ2) is 19.4. The van der Waals surface area contributed by atoms with E-state index in [9.17, 15) is 19.7 Å². The minimum atomic E-state index is -0.525. The summed E-state index contributed by atoms with van der Waals surface area (Å²) in [6.45, 7) is 14.1. The third-order valence-corrected chi connectivity index (χ3v) is 5.44. The lowest BCUT2D eigenvalue weighted by Crippen LogP contribution is -2.39. The van der Waals surface area contributed by atoms with Crippen molar-refractivity contribution < 1.29 is 33.5 Å². The maximum Gasteiger partial charge on any atom is 0.327 e. The maximum absolute atomic E-state index is 11.9. The molecule has 0 heterocycles. The Bertz CT molecular complexity index is 1050. The van der Waals surface area contributed by atoms with Crippen LogP contribution in [0.1, 0.15) is 58.7 Å². The lowest BCUT2D eigenvalue weighted by Gasteiger charge is -2.17. The first-order chi connectivity index (χ1) is 19.3. The Morgan fingerprint density at radius 1 is 0.800 bits per heavy atom. The summed E-state index contributed by atoms with van der Waals surface area (Å²) in [4.78, 5) is 34.3. The molecule has 2 unspecified atom stereocenters. The van der Waals surface area contributed by atoms with Gasteiger partial charge in [-0.05, 0) is 76.5 Å². The number of likely N-dealkylation sites (N-methyl/N-ethyl adjacent to an activating group) is 2. The molecule has 222 valence electrons. The molecule has 2 aromatic carbocycles. The third kappa shape index (κ3) is 11.6. The quantitative estimate of drug-likeness (QED) is 0.172. The number of esters is 2. The molecule has 2 rings (SSSR count). The van der Waals surface area contributed by atoms with Crippen LogP contribution in [-0.2, 0) is 25.5 Å². The van der Waals surface area contributed by atoms with Crippen LogP contribution < -0.4 is 20.1 Å². The maximum atomic E-state index is 11.9. The molecule has 0 saturated carbocycles. The molecule has 11 nitrogen and oxygen atoms in total. The topological polar surface area (TPSA) is 138 Å². The van der Waals surface area contributed by atoms with Crippen molar-refractivity contribution in [2.45, 2.75) is 60.0 Å². The van der Waals surface area contributed by atoms with Gasteiger partial charge in [0.05, 0.1) is 31.4 Å². The van der Waals surface area contributed by atoms with Crippen LogP contribution in [-0.4, -0.2) is 62.4 Å². The van der Waals surface area contributed by atoms with E-state index in [-0.39, 0.29) is 23.4 Å². The Balaban J connectivity index is 0.000000408. The highest BCUT2D eigenvalue weighted by Gasteiger charge is 2.22. The molecule has 0 bridgehead atoms. The van der Waals surface area contributed by atoms with Gasteiger partial charge in [0.1, 0.15) is 17.8 Å². The van der Waals surface area contributed by atoms with Crippen LogP contribution in [0, 0.1) is 10.1 Å². The van der Waals surface area contributed by atoms with E-state index in [0.29, 0.717) is 51.5 Å². The molecule has 2 aromatic rings. The summed E-state index contributed by atoms with van der Waals surface area (Å²) in [6, 6.07) is 11.3. The highest BCUT2D eigenvalue weighted by molar-refractivity contribution is 5.77. The van der Waals surface area contributed by atoms with Gasteiger partial charge in [0.15, 0.2) is 5.75 Å². The molecular formula is C29H43N3O8. The van der Waals surface area contributed by atoms with Gasteiger partial charge in [0, 0.05) is 6.07 Å². The number of hydrogen-bond donors (Lipinski definition) is 2. The molecule has 0 amide bonds. The fraction of sp³-hybridized carbons (Fsp3) is 0.517. The number of hydrogen-bond acceptors (Lipinski definition) is 10. The Morgan fingerprint density at radius 2 is 1.40 bits per heavy atom. The number of rotatable bonds is 16. The number of carbonyl (C=O) groups is 2. The fourth-order valence-corrected chi connectivity index (χ4v) is 3.76. The zero-order valence-electron chi connectivity index (χ0n) is 24.4. The van der Waals surface area contributed by atoms with Crippen molar-refractivity contribution in [1.29, 1.82) is 0 Å². The predicted octanol–water partition coefficient (Wildman–Crippen LogP) is 4.38. The van der Waals surface area contributed by atoms with Crippen LogP contribution in [0.15, 0.2) is 42.5 Å². The summed E-state index contributed by atoms with van der Waals surface area (Å²) in [5.74, 6) is 0.428. The molecule has 0 aromatic heterocycles. The zero-order chi connectivity index (χ0) is 29.9. The standard InChI is InChI=1S/C15H22N2O5.C14H21NO3/c1-4-16-12(15(18)22-6-3)9-11-7-8-14(21-5-2)13(10-11)17(19)20;1-4-15-13(14(16)18-6-3)11-7-9-12(10-8-11)17-5-2/h7-8,10,12,16H,4-6,9H2,1-3H3;7-10,13,15H,4-6H2,1-3H3. The van der Waals surface area contributed by atoms with Crippen LogP contribution in [0.2, 0.25) is 0 Å².